The van der Waals surface area contributed by atoms with Gasteiger partial charge in [0.15, 0.2) is 0 Å². The molecule has 3 fully saturated rings. The van der Waals surface area contributed by atoms with Gasteiger partial charge in [0.25, 0.3) is 0 Å². The van der Waals surface area contributed by atoms with Crippen LogP contribution in [0, 0.1) is 11.8 Å². The zero-order chi connectivity index (χ0) is 17.5. The normalized spacial score (nSPS) is 30.9. The molecule has 0 bridgehead atoms. The van der Waals surface area contributed by atoms with E-state index in [0.29, 0.717) is 18.1 Å². The first-order valence-electron chi connectivity index (χ1n) is 10.0. The first kappa shape index (κ1) is 16.9. The van der Waals surface area contributed by atoms with Crippen molar-refractivity contribution in [1.29, 1.82) is 0 Å². The van der Waals surface area contributed by atoms with Crippen molar-refractivity contribution in [2.45, 2.75) is 44.8 Å². The molecule has 3 aliphatic rings. The monoisotopic (exact) mass is 405 g/mol. The predicted octanol–water partition coefficient (Wildman–Crippen LogP) is 4.63. The Morgan fingerprint density at radius 1 is 0.962 bits per heavy atom. The zero-order valence-electron chi connectivity index (χ0n) is 15.4. The number of nitrogens with zero attached hydrogens (tertiary/aromatic N) is 1. The number of rotatable bonds is 3. The fourth-order valence-corrected chi connectivity index (χ4v) is 10.4. The minimum atomic E-state index is -2.37. The molecule has 1 saturated carbocycles. The van der Waals surface area contributed by atoms with Crippen molar-refractivity contribution in [3.05, 3.63) is 54.6 Å². The van der Waals surface area contributed by atoms with Crippen LogP contribution in [0.25, 0.3) is 11.1 Å². The molecule has 1 aliphatic carbocycles. The second-order valence-corrected chi connectivity index (χ2v) is 11.8. The van der Waals surface area contributed by atoms with E-state index in [-0.39, 0.29) is 0 Å². The summed E-state index contributed by atoms with van der Waals surface area (Å²) in [4.78, 5) is 0. The Kier molecular flexibility index (Phi) is 4.61. The van der Waals surface area contributed by atoms with Gasteiger partial charge in [-0.3, -0.25) is 0 Å². The van der Waals surface area contributed by atoms with Gasteiger partial charge in [-0.2, -0.15) is 0 Å². The molecule has 2 heterocycles. The Bertz CT molecular complexity index is 750. The molecule has 2 aromatic carbocycles. The Morgan fingerprint density at radius 3 is 2.54 bits per heavy atom. The summed E-state index contributed by atoms with van der Waals surface area (Å²) in [5, 5.41) is 0. The van der Waals surface area contributed by atoms with Crippen molar-refractivity contribution in [3.63, 3.8) is 0 Å². The summed E-state index contributed by atoms with van der Waals surface area (Å²) >= 11 is -2.37. The fraction of sp³-hybridized carbons (Fsp3) is 0.455. The van der Waals surface area contributed by atoms with Gasteiger partial charge in [-0.15, -0.1) is 0 Å². The van der Waals surface area contributed by atoms with Crippen molar-refractivity contribution in [2.75, 3.05) is 6.54 Å². The second-order valence-electron chi connectivity index (χ2n) is 8.10. The molecule has 4 atom stereocenters. The van der Waals surface area contributed by atoms with Gasteiger partial charge in [-0.05, 0) is 0 Å². The first-order chi connectivity index (χ1) is 12.8. The van der Waals surface area contributed by atoms with Crippen LogP contribution in [0.3, 0.4) is 0 Å². The molecule has 4 heteroatoms. The van der Waals surface area contributed by atoms with E-state index in [1.54, 1.807) is 0 Å². The van der Waals surface area contributed by atoms with E-state index in [0.717, 1.165) is 11.7 Å². The average Bonchev–Trinajstić information content (AvgIpc) is 3.06. The molecule has 2 aromatic rings. The third kappa shape index (κ3) is 3.03. The van der Waals surface area contributed by atoms with Gasteiger partial charge in [-0.1, -0.05) is 0 Å². The molecule has 0 N–H and O–H groups in total. The Hall–Kier alpha value is -1.20. The van der Waals surface area contributed by atoms with Crippen LogP contribution < -0.4 is 3.53 Å². The molecule has 4 unspecified atom stereocenters. The SMILES string of the molecule is CC1CCC2CCC[N]3C2C1[O][Ga]3[O]c1ccc(-c2ccccc2)cc1. The van der Waals surface area contributed by atoms with Gasteiger partial charge in [-0.25, -0.2) is 0 Å². The van der Waals surface area contributed by atoms with Crippen LogP contribution >= 0.6 is 0 Å². The van der Waals surface area contributed by atoms with Crippen LogP contribution in [0.4, 0.5) is 0 Å². The molecule has 2 saturated heterocycles. The van der Waals surface area contributed by atoms with Crippen molar-refractivity contribution in [3.8, 4) is 16.9 Å². The van der Waals surface area contributed by atoms with Crippen LogP contribution in [0.5, 0.6) is 5.75 Å². The Labute approximate surface area is 162 Å². The molecule has 0 spiro atoms. The number of benzene rings is 2. The molecule has 0 radical (unpaired) electrons. The van der Waals surface area contributed by atoms with E-state index < -0.39 is 17.2 Å². The quantitative estimate of drug-likeness (QED) is 0.695. The van der Waals surface area contributed by atoms with E-state index in [1.165, 1.54) is 43.4 Å². The second kappa shape index (κ2) is 7.08. The summed E-state index contributed by atoms with van der Waals surface area (Å²) in [6.45, 7) is 3.55. The van der Waals surface area contributed by atoms with Gasteiger partial charge in [0.2, 0.25) is 0 Å². The topological polar surface area (TPSA) is 21.7 Å². The molecule has 2 aliphatic heterocycles. The van der Waals surface area contributed by atoms with Crippen LogP contribution in [-0.2, 0) is 3.53 Å². The van der Waals surface area contributed by atoms with E-state index in [2.05, 4.69) is 65.1 Å². The number of hydrogen-bond donors (Lipinski definition) is 0. The number of piperidine rings is 1. The van der Waals surface area contributed by atoms with Gasteiger partial charge in [0, 0.05) is 0 Å². The maximum atomic E-state index is 6.60. The molecular formula is C22H26GaNO2. The molecular weight excluding hydrogens is 380 g/mol. The average molecular weight is 406 g/mol. The van der Waals surface area contributed by atoms with E-state index in [4.69, 9.17) is 7.06 Å². The van der Waals surface area contributed by atoms with Crippen molar-refractivity contribution in [1.82, 2.24) is 3.61 Å². The Balaban J connectivity index is 1.33. The minimum absolute atomic E-state index is 0.419. The zero-order valence-corrected chi connectivity index (χ0v) is 17.8. The predicted molar refractivity (Wildman–Crippen MR) is 105 cm³/mol. The molecule has 0 aromatic heterocycles. The number of hydrogen-bond acceptors (Lipinski definition) is 3. The summed E-state index contributed by atoms with van der Waals surface area (Å²) in [5.41, 5.74) is 2.48. The van der Waals surface area contributed by atoms with Crippen molar-refractivity contribution in [2.24, 2.45) is 11.8 Å². The van der Waals surface area contributed by atoms with Crippen LogP contribution in [0.1, 0.15) is 32.6 Å². The summed E-state index contributed by atoms with van der Waals surface area (Å²) in [6.07, 6.45) is 5.81. The molecule has 5 rings (SSSR count). The van der Waals surface area contributed by atoms with E-state index >= 15 is 0 Å². The summed E-state index contributed by atoms with van der Waals surface area (Å²) in [6, 6.07) is 19.7. The summed E-state index contributed by atoms with van der Waals surface area (Å²) < 4.78 is 15.8. The van der Waals surface area contributed by atoms with Gasteiger partial charge >= 0.3 is 162 Å². The van der Waals surface area contributed by atoms with Gasteiger partial charge in [0.1, 0.15) is 0 Å². The van der Waals surface area contributed by atoms with Gasteiger partial charge in [0.05, 0.1) is 0 Å². The van der Waals surface area contributed by atoms with Crippen molar-refractivity contribution >= 4 is 17.2 Å². The third-order valence-corrected chi connectivity index (χ3v) is 11.0. The third-order valence-electron chi connectivity index (χ3n) is 6.49. The Morgan fingerprint density at radius 2 is 1.73 bits per heavy atom. The van der Waals surface area contributed by atoms with Crippen LogP contribution in [0.2, 0.25) is 0 Å². The summed E-state index contributed by atoms with van der Waals surface area (Å²) in [5.74, 6) is 2.49. The van der Waals surface area contributed by atoms with Gasteiger partial charge < -0.3 is 0 Å². The summed E-state index contributed by atoms with van der Waals surface area (Å²) in [7, 11) is 0. The van der Waals surface area contributed by atoms with Crippen LogP contribution in [0.15, 0.2) is 54.6 Å². The van der Waals surface area contributed by atoms with Crippen molar-refractivity contribution < 1.29 is 7.06 Å². The fourth-order valence-electron chi connectivity index (χ4n) is 5.12. The molecule has 26 heavy (non-hydrogen) atoms. The molecule has 134 valence electrons. The standard InChI is InChI=1S/C12H10O.C10H17NO.Ga/c13-12-8-6-11(7-9-12)10-4-2-1-3-5-10;1-7-4-5-8-3-2-6-11-9(8)10(7)12;/h1-9,13H;7-10H,2-6H2,1H3;/q;-2;+3/p-1. The molecule has 3 nitrogen and oxygen atoms in total. The van der Waals surface area contributed by atoms with E-state index in [1.807, 2.05) is 0 Å². The molecule has 0 amide bonds. The maximum absolute atomic E-state index is 6.60. The first-order valence-corrected chi connectivity index (χ1v) is 13.1. The van der Waals surface area contributed by atoms with Crippen LogP contribution in [-0.4, -0.2) is 39.5 Å². The van der Waals surface area contributed by atoms with E-state index in [9.17, 15) is 0 Å².